The smallest absolute Gasteiger partial charge is 0.261 e. The second-order valence-corrected chi connectivity index (χ2v) is 9.53. The summed E-state index contributed by atoms with van der Waals surface area (Å²) in [5.41, 5.74) is 1.28. The first kappa shape index (κ1) is 23.3. The summed E-state index contributed by atoms with van der Waals surface area (Å²) >= 11 is 0. The normalized spacial score (nSPS) is 15.4. The van der Waals surface area contributed by atoms with Gasteiger partial charge in [-0.05, 0) is 42.0 Å². The zero-order valence-corrected chi connectivity index (χ0v) is 19.2. The number of nitrogens with one attached hydrogen (secondary N) is 3. The van der Waals surface area contributed by atoms with E-state index < -0.39 is 15.9 Å². The summed E-state index contributed by atoms with van der Waals surface area (Å²) < 4.78 is 34.0. The number of benzene rings is 3. The molecule has 1 fully saturated rings. The molecule has 1 heterocycles. The largest absolute Gasteiger partial charge is 0.492 e. The third-order valence-corrected chi connectivity index (χ3v) is 6.84. The maximum Gasteiger partial charge on any atom is 0.261 e. The standard InChI is InChI=1S/C25H25N3O5S/c29-24-16-19(17-27-24)18-10-12-21(13-11-18)34(31,32)28-23-9-5-4-8-22(23)25(30)26-14-15-33-20-6-2-1-3-7-20/h1-13,19,28H,14-17H2,(H,26,30)(H,27,29)/t19-/m0/s1. The maximum atomic E-state index is 12.9. The first-order chi connectivity index (χ1) is 16.4. The van der Waals surface area contributed by atoms with Gasteiger partial charge < -0.3 is 15.4 Å². The quantitative estimate of drug-likeness (QED) is 0.409. The minimum absolute atomic E-state index is 0.00937. The van der Waals surface area contributed by atoms with Crippen LogP contribution in [0.4, 0.5) is 5.69 Å². The number of amides is 2. The van der Waals surface area contributed by atoms with Gasteiger partial charge in [-0.2, -0.15) is 0 Å². The van der Waals surface area contributed by atoms with Crippen LogP contribution in [-0.4, -0.2) is 39.9 Å². The van der Waals surface area contributed by atoms with Crippen molar-refractivity contribution in [3.05, 3.63) is 90.0 Å². The minimum Gasteiger partial charge on any atom is -0.492 e. The number of hydrogen-bond acceptors (Lipinski definition) is 5. The van der Waals surface area contributed by atoms with Crippen LogP contribution in [0, 0.1) is 0 Å². The lowest BCUT2D eigenvalue weighted by molar-refractivity contribution is -0.119. The average molecular weight is 480 g/mol. The predicted octanol–water partition coefficient (Wildman–Crippen LogP) is 2.90. The van der Waals surface area contributed by atoms with Gasteiger partial charge in [0, 0.05) is 18.9 Å². The van der Waals surface area contributed by atoms with Crippen molar-refractivity contribution in [3.8, 4) is 5.75 Å². The molecule has 0 bridgehead atoms. The van der Waals surface area contributed by atoms with Crippen molar-refractivity contribution in [1.29, 1.82) is 0 Å². The molecule has 34 heavy (non-hydrogen) atoms. The van der Waals surface area contributed by atoms with Crippen LogP contribution in [0.2, 0.25) is 0 Å². The van der Waals surface area contributed by atoms with Gasteiger partial charge in [0.25, 0.3) is 15.9 Å². The Balaban J connectivity index is 1.39. The molecule has 0 saturated carbocycles. The molecule has 3 aromatic carbocycles. The van der Waals surface area contributed by atoms with Gasteiger partial charge in [0.15, 0.2) is 0 Å². The molecule has 3 aromatic rings. The lowest BCUT2D eigenvalue weighted by atomic mass is 9.99. The van der Waals surface area contributed by atoms with E-state index in [1.807, 2.05) is 30.3 Å². The molecule has 1 saturated heterocycles. The highest BCUT2D eigenvalue weighted by Crippen LogP contribution is 2.25. The Kier molecular flexibility index (Phi) is 7.12. The van der Waals surface area contributed by atoms with Crippen LogP contribution >= 0.6 is 0 Å². The summed E-state index contributed by atoms with van der Waals surface area (Å²) in [7, 11) is -3.92. The van der Waals surface area contributed by atoms with Crippen molar-refractivity contribution in [3.63, 3.8) is 0 Å². The Morgan fingerprint density at radius 1 is 0.971 bits per heavy atom. The minimum atomic E-state index is -3.92. The van der Waals surface area contributed by atoms with E-state index in [1.165, 1.54) is 18.2 Å². The van der Waals surface area contributed by atoms with Gasteiger partial charge in [0.1, 0.15) is 12.4 Å². The summed E-state index contributed by atoms with van der Waals surface area (Å²) in [6.45, 7) is 1.08. The fraction of sp³-hybridized carbons (Fsp3) is 0.200. The van der Waals surface area contributed by atoms with Gasteiger partial charge in [-0.1, -0.05) is 42.5 Å². The number of carbonyl (C=O) groups excluding carboxylic acids is 2. The Morgan fingerprint density at radius 2 is 1.68 bits per heavy atom. The molecule has 3 N–H and O–H groups in total. The van der Waals surface area contributed by atoms with Gasteiger partial charge in [0.2, 0.25) is 5.91 Å². The molecule has 0 spiro atoms. The van der Waals surface area contributed by atoms with Gasteiger partial charge in [-0.15, -0.1) is 0 Å². The van der Waals surface area contributed by atoms with Crippen LogP contribution in [0.3, 0.4) is 0 Å². The zero-order chi connectivity index (χ0) is 24.0. The highest BCUT2D eigenvalue weighted by molar-refractivity contribution is 7.92. The second-order valence-electron chi connectivity index (χ2n) is 7.84. The Hall–Kier alpha value is -3.85. The first-order valence-electron chi connectivity index (χ1n) is 10.9. The van der Waals surface area contributed by atoms with E-state index in [0.29, 0.717) is 18.7 Å². The molecule has 0 aromatic heterocycles. The first-order valence-corrected chi connectivity index (χ1v) is 12.4. The van der Waals surface area contributed by atoms with E-state index in [-0.39, 0.29) is 41.1 Å². The van der Waals surface area contributed by atoms with E-state index in [9.17, 15) is 18.0 Å². The number of para-hydroxylation sites is 2. The van der Waals surface area contributed by atoms with E-state index in [2.05, 4.69) is 15.4 Å². The van der Waals surface area contributed by atoms with Crippen LogP contribution in [0.15, 0.2) is 83.8 Å². The third kappa shape index (κ3) is 5.74. The van der Waals surface area contributed by atoms with Crippen LogP contribution in [-0.2, 0) is 14.8 Å². The number of carbonyl (C=O) groups is 2. The predicted molar refractivity (Wildman–Crippen MR) is 128 cm³/mol. The van der Waals surface area contributed by atoms with E-state index in [0.717, 1.165) is 5.56 Å². The monoisotopic (exact) mass is 479 g/mol. The molecule has 176 valence electrons. The molecule has 0 aliphatic carbocycles. The molecular formula is C25H25N3O5S. The van der Waals surface area contributed by atoms with Crippen molar-refractivity contribution < 1.29 is 22.7 Å². The topological polar surface area (TPSA) is 114 Å². The molecule has 1 aliphatic rings. The summed E-state index contributed by atoms with van der Waals surface area (Å²) in [6.07, 6.45) is 0.392. The van der Waals surface area contributed by atoms with Crippen LogP contribution in [0.1, 0.15) is 28.3 Å². The van der Waals surface area contributed by atoms with Crippen LogP contribution in [0.25, 0.3) is 0 Å². The lowest BCUT2D eigenvalue weighted by Gasteiger charge is -2.14. The summed E-state index contributed by atoms with van der Waals surface area (Å²) in [5.74, 6) is 0.313. The molecule has 8 nitrogen and oxygen atoms in total. The molecule has 0 radical (unpaired) electrons. The van der Waals surface area contributed by atoms with E-state index in [1.54, 1.807) is 30.3 Å². The van der Waals surface area contributed by atoms with Crippen molar-refractivity contribution in [2.45, 2.75) is 17.2 Å². The number of ether oxygens (including phenoxy) is 1. The molecule has 0 unspecified atom stereocenters. The molecule has 9 heteroatoms. The highest BCUT2D eigenvalue weighted by atomic mass is 32.2. The van der Waals surface area contributed by atoms with Crippen molar-refractivity contribution in [1.82, 2.24) is 10.6 Å². The molecule has 1 aliphatic heterocycles. The fourth-order valence-corrected chi connectivity index (χ4v) is 4.76. The molecular weight excluding hydrogens is 454 g/mol. The van der Waals surface area contributed by atoms with Gasteiger partial charge in [-0.3, -0.25) is 14.3 Å². The fourth-order valence-electron chi connectivity index (χ4n) is 3.68. The van der Waals surface area contributed by atoms with Crippen molar-refractivity contribution in [2.75, 3.05) is 24.4 Å². The van der Waals surface area contributed by atoms with Gasteiger partial charge in [0.05, 0.1) is 22.7 Å². The van der Waals surface area contributed by atoms with Crippen LogP contribution < -0.4 is 20.1 Å². The third-order valence-electron chi connectivity index (χ3n) is 5.45. The highest BCUT2D eigenvalue weighted by Gasteiger charge is 2.24. The Morgan fingerprint density at radius 3 is 2.38 bits per heavy atom. The summed E-state index contributed by atoms with van der Waals surface area (Å²) in [6, 6.07) is 22.1. The second kappa shape index (κ2) is 10.4. The average Bonchev–Trinajstić information content (AvgIpc) is 3.29. The van der Waals surface area contributed by atoms with E-state index in [4.69, 9.17) is 4.74 Å². The number of sulfonamides is 1. The Bertz CT molecular complexity index is 1260. The SMILES string of the molecule is O=C1C[C@H](c2ccc(S(=O)(=O)Nc3ccccc3C(=O)NCCOc3ccccc3)cc2)CN1. The van der Waals surface area contributed by atoms with E-state index >= 15 is 0 Å². The van der Waals surface area contributed by atoms with Gasteiger partial charge in [-0.25, -0.2) is 8.42 Å². The Labute approximate surface area is 198 Å². The summed E-state index contributed by atoms with van der Waals surface area (Å²) in [5, 5.41) is 5.52. The molecule has 2 amide bonds. The number of anilines is 1. The number of hydrogen-bond donors (Lipinski definition) is 3. The van der Waals surface area contributed by atoms with Gasteiger partial charge >= 0.3 is 0 Å². The van der Waals surface area contributed by atoms with Crippen LogP contribution in [0.5, 0.6) is 5.75 Å². The zero-order valence-electron chi connectivity index (χ0n) is 18.4. The van der Waals surface area contributed by atoms with Crippen molar-refractivity contribution in [2.24, 2.45) is 0 Å². The maximum absolute atomic E-state index is 12.9. The summed E-state index contributed by atoms with van der Waals surface area (Å²) in [4.78, 5) is 24.2. The van der Waals surface area contributed by atoms with Crippen molar-refractivity contribution >= 4 is 27.5 Å². The lowest BCUT2D eigenvalue weighted by Crippen LogP contribution is -2.29. The number of rotatable bonds is 9. The molecule has 1 atom stereocenters. The molecule has 4 rings (SSSR count).